The number of likely N-dealkylation sites (N-methyl/N-ethyl adjacent to an activating group) is 1. The van der Waals surface area contributed by atoms with E-state index >= 15 is 0 Å². The van der Waals surface area contributed by atoms with Gasteiger partial charge in [0.1, 0.15) is 22.8 Å². The Morgan fingerprint density at radius 3 is 2.25 bits per heavy atom. The monoisotopic (exact) mass is 735 g/mol. The number of Topliss-reactive ketones (excluding diaryl/α,β-unsaturated/α-hetero) is 2. The first-order valence-corrected chi connectivity index (χ1v) is 17.0. The number of aliphatic hydroxyl groups is 3. The van der Waals surface area contributed by atoms with E-state index in [1.165, 1.54) is 37.1 Å². The Labute approximate surface area is 306 Å². The normalized spacial score (nSPS) is 22.6. The van der Waals surface area contributed by atoms with Crippen LogP contribution in [0.3, 0.4) is 0 Å². The fraction of sp³-hybridized carbons (Fsp3) is 0.447. The Kier molecular flexibility index (Phi) is 10.8. The highest BCUT2D eigenvalue weighted by molar-refractivity contribution is 6.24. The van der Waals surface area contributed by atoms with E-state index in [1.54, 1.807) is 51.1 Å². The van der Waals surface area contributed by atoms with E-state index in [0.717, 1.165) is 5.56 Å². The number of rotatable bonds is 10. The van der Waals surface area contributed by atoms with Gasteiger partial charge in [0.15, 0.2) is 11.4 Å². The zero-order chi connectivity index (χ0) is 39.2. The Morgan fingerprint density at radius 1 is 1.00 bits per heavy atom. The molecule has 0 heterocycles. The van der Waals surface area contributed by atoms with Crippen molar-refractivity contribution in [2.75, 3.05) is 41.1 Å². The van der Waals surface area contributed by atoms with Gasteiger partial charge in [0.25, 0.3) is 5.91 Å². The third-order valence-corrected chi connectivity index (χ3v) is 10.1. The minimum Gasteiger partial charge on any atom is -0.508 e. The number of ether oxygens (including phenoxy) is 3. The van der Waals surface area contributed by atoms with Crippen molar-refractivity contribution in [1.29, 1.82) is 0 Å². The molecule has 284 valence electrons. The summed E-state index contributed by atoms with van der Waals surface area (Å²) in [6.07, 6.45) is -0.628. The number of carbonyl (C=O) groups excluding carboxylic acids is 5. The van der Waals surface area contributed by atoms with Gasteiger partial charge < -0.3 is 45.3 Å². The van der Waals surface area contributed by atoms with Crippen molar-refractivity contribution in [1.82, 2.24) is 9.80 Å². The minimum atomic E-state index is -2.73. The zero-order valence-electron chi connectivity index (χ0n) is 30.5. The Hall–Kier alpha value is -5.25. The highest BCUT2D eigenvalue weighted by atomic mass is 16.7. The number of aromatic hydroxyl groups is 1. The van der Waals surface area contributed by atoms with Crippen molar-refractivity contribution < 1.29 is 58.6 Å². The second kappa shape index (κ2) is 14.6. The maximum absolute atomic E-state index is 14.1. The number of esters is 1. The number of carbonyl (C=O) groups is 5. The standard InChI is InChI=1S/C38H45N3O12/c1-37(2,3)35(48)52-18-53-36(49)41(13-14-51-6)17-19-7-9-20(10-8-19)22-11-12-25(42)27-23(22)15-21-16-24-29(40(4)5)31(44)28(34(39)47)33(46)38(24,50)32(45)26(21)30(27)43/h7-12,21,24,29,42-43,46,50H,13-18H2,1-6H3,(H2,39,47)/t21-,24-,29-,38-/m0/s1. The van der Waals surface area contributed by atoms with Crippen LogP contribution in [0.1, 0.15) is 43.9 Å². The summed E-state index contributed by atoms with van der Waals surface area (Å²) in [4.78, 5) is 67.5. The molecule has 2 aromatic rings. The van der Waals surface area contributed by atoms with Crippen molar-refractivity contribution in [3.8, 4) is 16.9 Å². The number of phenolic OH excluding ortho intramolecular Hbond substituents is 1. The van der Waals surface area contributed by atoms with Gasteiger partial charge in [-0.1, -0.05) is 30.3 Å². The number of amides is 2. The summed E-state index contributed by atoms with van der Waals surface area (Å²) in [7, 11) is 4.58. The quantitative estimate of drug-likeness (QED) is 0.135. The lowest BCUT2D eigenvalue weighted by atomic mass is 9.57. The van der Waals surface area contributed by atoms with Gasteiger partial charge >= 0.3 is 12.1 Å². The average Bonchev–Trinajstić information content (AvgIpc) is 3.08. The third kappa shape index (κ3) is 6.99. The number of primary amides is 1. The van der Waals surface area contributed by atoms with Crippen molar-refractivity contribution in [3.63, 3.8) is 0 Å². The van der Waals surface area contributed by atoms with E-state index < -0.39 is 82.3 Å². The number of aliphatic hydroxyl groups excluding tert-OH is 2. The highest BCUT2D eigenvalue weighted by Gasteiger charge is 2.64. The van der Waals surface area contributed by atoms with Crippen LogP contribution in [0, 0.1) is 17.3 Å². The van der Waals surface area contributed by atoms with Crippen LogP contribution in [0.4, 0.5) is 4.79 Å². The number of hydrogen-bond donors (Lipinski definition) is 5. The van der Waals surface area contributed by atoms with Crippen LogP contribution in [-0.4, -0.2) is 113 Å². The second-order valence-electron chi connectivity index (χ2n) is 14.8. The number of hydrogen-bond acceptors (Lipinski definition) is 13. The molecule has 0 saturated heterocycles. The molecule has 53 heavy (non-hydrogen) atoms. The number of phenols is 1. The molecule has 0 radical (unpaired) electrons. The molecule has 0 unspecified atom stereocenters. The molecule has 15 nitrogen and oxygen atoms in total. The summed E-state index contributed by atoms with van der Waals surface area (Å²) < 4.78 is 15.4. The molecule has 15 heteroatoms. The number of nitrogens with zero attached hydrogens (tertiary/aromatic N) is 2. The molecule has 0 aliphatic heterocycles. The van der Waals surface area contributed by atoms with Gasteiger partial charge in [-0.15, -0.1) is 0 Å². The van der Waals surface area contributed by atoms with E-state index in [4.69, 9.17) is 19.9 Å². The lowest BCUT2D eigenvalue weighted by molar-refractivity contribution is -0.162. The van der Waals surface area contributed by atoms with Crippen LogP contribution in [0.15, 0.2) is 53.3 Å². The van der Waals surface area contributed by atoms with E-state index in [1.807, 2.05) is 0 Å². The molecule has 6 N–H and O–H groups in total. The summed E-state index contributed by atoms with van der Waals surface area (Å²) in [5, 5.41) is 45.5. The lowest BCUT2D eigenvalue weighted by Crippen LogP contribution is -2.65. The molecule has 0 spiro atoms. The van der Waals surface area contributed by atoms with Crippen LogP contribution in [0.5, 0.6) is 5.75 Å². The Bertz CT molecular complexity index is 1910. The average molecular weight is 736 g/mol. The Balaban J connectivity index is 1.45. The maximum Gasteiger partial charge on any atom is 0.413 e. The predicted octanol–water partition coefficient (Wildman–Crippen LogP) is 2.76. The molecule has 3 aliphatic carbocycles. The molecule has 5 rings (SSSR count). The molecule has 2 amide bonds. The fourth-order valence-corrected chi connectivity index (χ4v) is 7.40. The van der Waals surface area contributed by atoms with E-state index in [0.29, 0.717) is 16.7 Å². The molecule has 0 aromatic heterocycles. The first-order valence-electron chi connectivity index (χ1n) is 17.0. The molecule has 4 atom stereocenters. The molecule has 0 bridgehead atoms. The molecule has 1 fully saturated rings. The largest absolute Gasteiger partial charge is 0.508 e. The number of fused-ring (bicyclic) bond motifs is 3. The van der Waals surface area contributed by atoms with Gasteiger partial charge in [0, 0.05) is 31.7 Å². The first-order chi connectivity index (χ1) is 24.8. The van der Waals surface area contributed by atoms with Crippen LogP contribution in [0.25, 0.3) is 16.9 Å². The summed E-state index contributed by atoms with van der Waals surface area (Å²) in [6.45, 7) is 5.05. The minimum absolute atomic E-state index is 0.0245. The molecular formula is C38H45N3O12. The summed E-state index contributed by atoms with van der Waals surface area (Å²) in [5.74, 6) is -7.72. The Morgan fingerprint density at radius 2 is 1.66 bits per heavy atom. The number of benzene rings is 2. The maximum atomic E-state index is 14.1. The van der Waals surface area contributed by atoms with Crippen LogP contribution < -0.4 is 5.73 Å². The van der Waals surface area contributed by atoms with Crippen LogP contribution in [0.2, 0.25) is 0 Å². The van der Waals surface area contributed by atoms with Crippen molar-refractivity contribution in [2.24, 2.45) is 23.0 Å². The predicted molar refractivity (Wildman–Crippen MR) is 189 cm³/mol. The van der Waals surface area contributed by atoms with Crippen molar-refractivity contribution in [2.45, 2.75) is 51.8 Å². The summed E-state index contributed by atoms with van der Waals surface area (Å²) in [6, 6.07) is 9.01. The van der Waals surface area contributed by atoms with E-state index in [2.05, 4.69) is 0 Å². The third-order valence-electron chi connectivity index (χ3n) is 10.1. The highest BCUT2D eigenvalue weighted by Crippen LogP contribution is 2.53. The number of methoxy groups -OCH3 is 1. The van der Waals surface area contributed by atoms with E-state index in [-0.39, 0.29) is 49.4 Å². The molecule has 3 aliphatic rings. The zero-order valence-corrected chi connectivity index (χ0v) is 30.5. The van der Waals surface area contributed by atoms with Crippen molar-refractivity contribution in [3.05, 3.63) is 70.0 Å². The smallest absolute Gasteiger partial charge is 0.413 e. The fourth-order valence-electron chi connectivity index (χ4n) is 7.40. The summed E-state index contributed by atoms with van der Waals surface area (Å²) >= 11 is 0. The van der Waals surface area contributed by atoms with Gasteiger partial charge in [0.05, 0.1) is 23.6 Å². The molecule has 2 aromatic carbocycles. The summed E-state index contributed by atoms with van der Waals surface area (Å²) in [5.41, 5.74) is 3.32. The topological polar surface area (TPSA) is 226 Å². The van der Waals surface area contributed by atoms with Crippen molar-refractivity contribution >= 4 is 35.3 Å². The van der Waals surface area contributed by atoms with Crippen LogP contribution >= 0.6 is 0 Å². The SMILES string of the molecule is COCCN(Cc1ccc(-c2ccc(O)c3c2C[C@H]2C[C@H]4[C@H](N(C)C)C(=O)C(C(N)=O)=C(O)[C@@]4(O)C(=O)C2=C3O)cc1)C(=O)OCOC(=O)C(C)(C)C. The van der Waals surface area contributed by atoms with Gasteiger partial charge in [-0.2, -0.15) is 0 Å². The second-order valence-corrected chi connectivity index (χ2v) is 14.8. The lowest BCUT2D eigenvalue weighted by Gasteiger charge is -2.50. The van der Waals surface area contributed by atoms with Gasteiger partial charge in [-0.05, 0) is 81.9 Å². The van der Waals surface area contributed by atoms with Crippen LogP contribution in [-0.2, 0) is 46.4 Å². The van der Waals surface area contributed by atoms with E-state index in [9.17, 15) is 44.4 Å². The molecular weight excluding hydrogens is 690 g/mol. The van der Waals surface area contributed by atoms with Gasteiger partial charge in [-0.3, -0.25) is 24.1 Å². The number of nitrogens with two attached hydrogens (primary N) is 1. The van der Waals surface area contributed by atoms with Gasteiger partial charge in [0.2, 0.25) is 12.6 Å². The molecule has 1 saturated carbocycles. The number of ketones is 2. The first kappa shape index (κ1) is 39.0. The van der Waals surface area contributed by atoms with Gasteiger partial charge in [-0.25, -0.2) is 4.79 Å².